The average Bonchev–Trinajstić information content (AvgIpc) is 1.87. The van der Waals surface area contributed by atoms with Crippen LogP contribution < -0.4 is 12.4 Å². The first-order valence-electron chi connectivity index (χ1n) is 2.22. The van der Waals surface area contributed by atoms with Gasteiger partial charge in [0.25, 0.3) is 0 Å². The maximum atomic E-state index is 4.73. The molecule has 58 valence electrons. The molecule has 0 saturated heterocycles. The molecule has 0 aliphatic rings. The predicted octanol–water partition coefficient (Wildman–Crippen LogP) is -2.88. The van der Waals surface area contributed by atoms with E-state index in [-0.39, 0.29) is 17.4 Å². The van der Waals surface area contributed by atoms with Gasteiger partial charge in [0.1, 0.15) is 21.3 Å². The van der Waals surface area contributed by atoms with Crippen LogP contribution in [0.25, 0.3) is 0 Å². The highest BCUT2D eigenvalue weighted by Crippen LogP contribution is 1.99. The first kappa shape index (κ1) is 11.9. The van der Waals surface area contributed by atoms with Gasteiger partial charge in [0, 0.05) is 0 Å². The van der Waals surface area contributed by atoms with Crippen LogP contribution in [0.3, 0.4) is 0 Å². The third-order valence-electron chi connectivity index (χ3n) is 0.995. The van der Waals surface area contributed by atoms with Gasteiger partial charge >= 0.3 is 0 Å². The topological polar surface area (TPSA) is 27.7 Å². The normalized spacial score (nSPS) is 10.7. The van der Waals surface area contributed by atoms with Gasteiger partial charge < -0.3 is 12.4 Å². The smallest absolute Gasteiger partial charge is 0.168 e. The van der Waals surface area contributed by atoms with Crippen LogP contribution in [0.4, 0.5) is 0 Å². The minimum atomic E-state index is -0.292. The fourth-order valence-electron chi connectivity index (χ4n) is 0.224. The monoisotopic (exact) mass is 157 g/mol. The Morgan fingerprint density at radius 1 is 0.889 bits per heavy atom. The SMILES string of the molecule is CO[N+](C)(OC)OC.[Cl-]. The van der Waals surface area contributed by atoms with E-state index in [9.17, 15) is 0 Å². The summed E-state index contributed by atoms with van der Waals surface area (Å²) in [6.07, 6.45) is 0. The standard InChI is InChI=1S/C4H12NO3.ClH/c1-5(6-2,7-3)8-4;/h1-4H3;1H/q+1;/p-1. The molecule has 0 heterocycles. The fourth-order valence-corrected chi connectivity index (χ4v) is 0.224. The summed E-state index contributed by atoms with van der Waals surface area (Å²) >= 11 is 0. The largest absolute Gasteiger partial charge is 1.00 e. The lowest BCUT2D eigenvalue weighted by Gasteiger charge is -2.19. The molecule has 0 atom stereocenters. The Morgan fingerprint density at radius 2 is 1.11 bits per heavy atom. The quantitative estimate of drug-likeness (QED) is 0.326. The maximum Gasteiger partial charge on any atom is 0.168 e. The second-order valence-corrected chi connectivity index (χ2v) is 1.32. The minimum absolute atomic E-state index is 0. The van der Waals surface area contributed by atoms with Gasteiger partial charge in [0.2, 0.25) is 0 Å². The number of halogens is 1. The third kappa shape index (κ3) is 3.66. The van der Waals surface area contributed by atoms with Crippen molar-refractivity contribution < 1.29 is 31.9 Å². The molecule has 0 radical (unpaired) electrons. The van der Waals surface area contributed by atoms with Crippen LogP contribution >= 0.6 is 0 Å². The van der Waals surface area contributed by atoms with E-state index in [2.05, 4.69) is 0 Å². The summed E-state index contributed by atoms with van der Waals surface area (Å²) < 4.78 is 0. The van der Waals surface area contributed by atoms with Crippen LogP contribution in [-0.4, -0.2) is 33.4 Å². The minimum Gasteiger partial charge on any atom is -1.00 e. The van der Waals surface area contributed by atoms with Crippen molar-refractivity contribution in [2.75, 3.05) is 28.4 Å². The predicted molar refractivity (Wildman–Crippen MR) is 27.2 cm³/mol. The highest BCUT2D eigenvalue weighted by atomic mass is 35.5. The van der Waals surface area contributed by atoms with Gasteiger partial charge in [-0.15, -0.1) is 14.5 Å². The lowest BCUT2D eigenvalue weighted by molar-refractivity contribution is -1.35. The summed E-state index contributed by atoms with van der Waals surface area (Å²) in [6.45, 7) is 0. The Balaban J connectivity index is 0. The number of hydrogen-bond acceptors (Lipinski definition) is 3. The van der Waals surface area contributed by atoms with Gasteiger partial charge in [-0.1, -0.05) is 0 Å². The lowest BCUT2D eigenvalue weighted by Crippen LogP contribution is -3.00. The Bertz CT molecular complexity index is 58.6. The van der Waals surface area contributed by atoms with Crippen LogP contribution in [0, 0.1) is 0 Å². The van der Waals surface area contributed by atoms with Crippen molar-refractivity contribution in [2.24, 2.45) is 0 Å². The Kier molecular flexibility index (Phi) is 6.54. The Hall–Kier alpha value is 0.130. The van der Waals surface area contributed by atoms with Crippen LogP contribution in [-0.2, 0) is 14.5 Å². The number of nitrogens with zero attached hydrogens (tertiary/aromatic N) is 1. The first-order valence-corrected chi connectivity index (χ1v) is 2.22. The summed E-state index contributed by atoms with van der Waals surface area (Å²) in [5.74, 6) is 0. The first-order chi connectivity index (χ1) is 3.68. The van der Waals surface area contributed by atoms with Crippen LogP contribution in [0.2, 0.25) is 0 Å². The van der Waals surface area contributed by atoms with Crippen molar-refractivity contribution in [1.82, 2.24) is 0 Å². The number of quaternary nitrogens is 1. The van der Waals surface area contributed by atoms with Crippen molar-refractivity contribution in [3.63, 3.8) is 0 Å². The third-order valence-corrected chi connectivity index (χ3v) is 0.995. The van der Waals surface area contributed by atoms with Gasteiger partial charge in [-0.25, -0.2) is 0 Å². The van der Waals surface area contributed by atoms with E-state index < -0.39 is 0 Å². The van der Waals surface area contributed by atoms with Crippen molar-refractivity contribution in [1.29, 1.82) is 0 Å². The molecule has 0 unspecified atom stereocenters. The number of hydrogen-bond donors (Lipinski definition) is 0. The van der Waals surface area contributed by atoms with Crippen molar-refractivity contribution in [3.8, 4) is 0 Å². The van der Waals surface area contributed by atoms with Gasteiger partial charge in [-0.3, -0.25) is 0 Å². The highest BCUT2D eigenvalue weighted by Gasteiger charge is 2.20. The molecule has 0 aromatic heterocycles. The number of rotatable bonds is 3. The summed E-state index contributed by atoms with van der Waals surface area (Å²) in [7, 11) is 6.10. The molecule has 0 aliphatic heterocycles. The van der Waals surface area contributed by atoms with Gasteiger partial charge in [0.15, 0.2) is 7.05 Å². The van der Waals surface area contributed by atoms with E-state index in [4.69, 9.17) is 14.5 Å². The molecule has 0 fully saturated rings. The Morgan fingerprint density at radius 3 is 1.11 bits per heavy atom. The summed E-state index contributed by atoms with van der Waals surface area (Å²) in [4.78, 5) is 13.9. The number of hydroxylamine groups is 3. The summed E-state index contributed by atoms with van der Waals surface area (Å²) in [5.41, 5.74) is 0. The van der Waals surface area contributed by atoms with E-state index >= 15 is 0 Å². The maximum absolute atomic E-state index is 4.73. The van der Waals surface area contributed by atoms with Gasteiger partial charge in [-0.05, 0) is 0 Å². The molecule has 5 heteroatoms. The zero-order valence-electron chi connectivity index (χ0n) is 6.05. The molecule has 0 aromatic carbocycles. The van der Waals surface area contributed by atoms with E-state index in [1.807, 2.05) is 0 Å². The second-order valence-electron chi connectivity index (χ2n) is 1.32. The molecule has 0 spiro atoms. The Labute approximate surface area is 61.2 Å². The average molecular weight is 158 g/mol. The molecule has 0 rings (SSSR count). The van der Waals surface area contributed by atoms with Crippen molar-refractivity contribution in [2.45, 2.75) is 0 Å². The van der Waals surface area contributed by atoms with Crippen molar-refractivity contribution >= 4 is 0 Å². The zero-order chi connectivity index (χ0) is 6.62. The fraction of sp³-hybridized carbons (Fsp3) is 1.00. The van der Waals surface area contributed by atoms with Crippen LogP contribution in [0.15, 0.2) is 0 Å². The molecule has 0 aromatic rings. The van der Waals surface area contributed by atoms with E-state index in [0.717, 1.165) is 0 Å². The van der Waals surface area contributed by atoms with Gasteiger partial charge in [0.05, 0.1) is 4.97 Å². The van der Waals surface area contributed by atoms with E-state index in [0.29, 0.717) is 0 Å². The molecule has 9 heavy (non-hydrogen) atoms. The molecule has 0 amide bonds. The van der Waals surface area contributed by atoms with Gasteiger partial charge in [-0.2, -0.15) is 0 Å². The van der Waals surface area contributed by atoms with E-state index in [1.165, 1.54) is 21.3 Å². The van der Waals surface area contributed by atoms with Crippen LogP contribution in [0.1, 0.15) is 0 Å². The second kappa shape index (κ2) is 4.96. The van der Waals surface area contributed by atoms with Crippen molar-refractivity contribution in [3.05, 3.63) is 0 Å². The highest BCUT2D eigenvalue weighted by molar-refractivity contribution is 3.62. The summed E-state index contributed by atoms with van der Waals surface area (Å²) in [6, 6.07) is 0. The summed E-state index contributed by atoms with van der Waals surface area (Å²) in [5, 5.41) is 0. The molecule has 0 bridgehead atoms. The van der Waals surface area contributed by atoms with E-state index in [1.54, 1.807) is 7.05 Å². The molecular weight excluding hydrogens is 146 g/mol. The molecule has 4 nitrogen and oxygen atoms in total. The van der Waals surface area contributed by atoms with Crippen LogP contribution in [0.5, 0.6) is 0 Å². The molecule has 0 aliphatic carbocycles. The molecule has 0 N–H and O–H groups in total. The molecular formula is C4H12ClNO3. The lowest BCUT2D eigenvalue weighted by atomic mass is 11.4. The molecule has 0 saturated carbocycles. The zero-order valence-corrected chi connectivity index (χ0v) is 6.81.